The molecule has 0 aromatic rings. The summed E-state index contributed by atoms with van der Waals surface area (Å²) in [5, 5.41) is 0. The van der Waals surface area contributed by atoms with Crippen molar-refractivity contribution in [1.29, 1.82) is 0 Å². The summed E-state index contributed by atoms with van der Waals surface area (Å²) in [4.78, 5) is 1.96. The van der Waals surface area contributed by atoms with Gasteiger partial charge < -0.3 is 9.64 Å². The summed E-state index contributed by atoms with van der Waals surface area (Å²) in [6.07, 6.45) is -1.99. The average molecular weight is 283 g/mol. The van der Waals surface area contributed by atoms with Crippen molar-refractivity contribution in [2.45, 2.75) is 25.4 Å². The number of ether oxygens (including phenoxy) is 1. The van der Waals surface area contributed by atoms with Crippen LogP contribution < -0.4 is 0 Å². The van der Waals surface area contributed by atoms with Crippen LogP contribution in [0, 0.1) is 11.3 Å². The lowest BCUT2D eigenvalue weighted by Gasteiger charge is -2.39. The van der Waals surface area contributed by atoms with Crippen LogP contribution in [0.5, 0.6) is 0 Å². The molecule has 1 atom stereocenters. The van der Waals surface area contributed by atoms with Crippen molar-refractivity contribution in [3.8, 4) is 0 Å². The maximum absolute atomic E-state index is 12.6. The first kappa shape index (κ1) is 14.5. The van der Waals surface area contributed by atoms with Gasteiger partial charge in [-0.2, -0.15) is 25.8 Å². The quantitative estimate of drug-likeness (QED) is 0.799. The van der Waals surface area contributed by atoms with E-state index >= 15 is 0 Å². The molecule has 0 aromatic carbocycles. The number of rotatable bonds is 3. The molecule has 106 valence electrons. The maximum atomic E-state index is 12.6. The summed E-state index contributed by atoms with van der Waals surface area (Å²) >= 11 is 4.40. The molecule has 2 fully saturated rings. The Morgan fingerprint density at radius 3 is 2.44 bits per heavy atom. The Morgan fingerprint density at radius 1 is 1.28 bits per heavy atom. The fraction of sp³-hybridized carbons (Fsp3) is 1.00. The highest BCUT2D eigenvalue weighted by Crippen LogP contribution is 2.37. The zero-order valence-corrected chi connectivity index (χ0v) is 11.3. The number of nitrogens with zero attached hydrogens (tertiary/aromatic N) is 1. The molecule has 0 bridgehead atoms. The van der Waals surface area contributed by atoms with Crippen LogP contribution in [0.3, 0.4) is 0 Å². The molecular weight excluding hydrogens is 263 g/mol. The molecule has 2 heterocycles. The highest BCUT2D eigenvalue weighted by Gasteiger charge is 2.45. The van der Waals surface area contributed by atoms with Gasteiger partial charge in [-0.3, -0.25) is 0 Å². The van der Waals surface area contributed by atoms with Crippen LogP contribution in [-0.2, 0) is 4.74 Å². The van der Waals surface area contributed by atoms with Crippen molar-refractivity contribution in [1.82, 2.24) is 4.90 Å². The van der Waals surface area contributed by atoms with Crippen molar-refractivity contribution in [2.75, 3.05) is 38.6 Å². The first-order valence-corrected chi connectivity index (χ1v) is 7.06. The normalized spacial score (nSPS) is 29.7. The lowest BCUT2D eigenvalue weighted by molar-refractivity contribution is -0.170. The molecule has 1 unspecified atom stereocenters. The first-order valence-electron chi connectivity index (χ1n) is 6.43. The van der Waals surface area contributed by atoms with Gasteiger partial charge in [0.25, 0.3) is 0 Å². The maximum Gasteiger partial charge on any atom is 0.393 e. The van der Waals surface area contributed by atoms with Gasteiger partial charge in [0, 0.05) is 26.3 Å². The van der Waals surface area contributed by atoms with Crippen LogP contribution >= 0.6 is 12.6 Å². The molecule has 0 saturated carbocycles. The van der Waals surface area contributed by atoms with Crippen molar-refractivity contribution in [3.05, 3.63) is 0 Å². The molecule has 2 saturated heterocycles. The third-order valence-corrected chi connectivity index (χ3v) is 4.85. The molecule has 2 aliphatic heterocycles. The molecule has 0 aromatic heterocycles. The molecule has 6 heteroatoms. The smallest absolute Gasteiger partial charge is 0.381 e. The summed E-state index contributed by atoms with van der Waals surface area (Å²) in [5.41, 5.74) is 0.0435. The number of alkyl halides is 3. The van der Waals surface area contributed by atoms with Crippen molar-refractivity contribution in [3.63, 3.8) is 0 Å². The second kappa shape index (κ2) is 5.59. The van der Waals surface area contributed by atoms with Crippen molar-refractivity contribution in [2.24, 2.45) is 11.3 Å². The van der Waals surface area contributed by atoms with E-state index < -0.39 is 12.1 Å². The zero-order valence-electron chi connectivity index (χ0n) is 10.4. The fourth-order valence-electron chi connectivity index (χ4n) is 2.89. The van der Waals surface area contributed by atoms with E-state index in [1.54, 1.807) is 0 Å². The second-order valence-electron chi connectivity index (χ2n) is 5.53. The summed E-state index contributed by atoms with van der Waals surface area (Å²) in [6.45, 7) is 2.85. The van der Waals surface area contributed by atoms with Gasteiger partial charge in [0.05, 0.1) is 5.92 Å². The number of hydrogen-bond acceptors (Lipinski definition) is 3. The third-order valence-electron chi connectivity index (χ3n) is 4.18. The van der Waals surface area contributed by atoms with Crippen LogP contribution in [-0.4, -0.2) is 49.7 Å². The predicted octanol–water partition coefficient (Wildman–Crippen LogP) is 2.60. The SMILES string of the molecule is FC(F)(F)C1CCN(CC2(CS)CCOCC2)C1. The molecule has 0 aliphatic carbocycles. The monoisotopic (exact) mass is 283 g/mol. The van der Waals surface area contributed by atoms with Gasteiger partial charge in [0.2, 0.25) is 0 Å². The van der Waals surface area contributed by atoms with E-state index in [4.69, 9.17) is 4.74 Å². The summed E-state index contributed by atoms with van der Waals surface area (Å²) in [7, 11) is 0. The van der Waals surface area contributed by atoms with Gasteiger partial charge in [-0.05, 0) is 37.0 Å². The highest BCUT2D eigenvalue weighted by atomic mass is 32.1. The van der Waals surface area contributed by atoms with E-state index in [2.05, 4.69) is 12.6 Å². The zero-order chi connectivity index (χ0) is 13.2. The standard InChI is InChI=1S/C12H20F3NOS/c13-12(14,15)10-1-4-16(7-10)8-11(9-18)2-5-17-6-3-11/h10,18H,1-9H2. The minimum absolute atomic E-state index is 0.0435. The Hall–Kier alpha value is 0.0600. The minimum Gasteiger partial charge on any atom is -0.381 e. The van der Waals surface area contributed by atoms with E-state index in [0.29, 0.717) is 19.8 Å². The van der Waals surface area contributed by atoms with Crippen LogP contribution in [0.15, 0.2) is 0 Å². The Balaban J connectivity index is 1.90. The summed E-state index contributed by atoms with van der Waals surface area (Å²) in [6, 6.07) is 0. The van der Waals surface area contributed by atoms with Gasteiger partial charge in [-0.15, -0.1) is 0 Å². The van der Waals surface area contributed by atoms with Crippen LogP contribution in [0.2, 0.25) is 0 Å². The third kappa shape index (κ3) is 3.33. The van der Waals surface area contributed by atoms with Crippen LogP contribution in [0.4, 0.5) is 13.2 Å². The molecule has 0 spiro atoms. The Morgan fingerprint density at radius 2 is 1.94 bits per heavy atom. The average Bonchev–Trinajstić information content (AvgIpc) is 2.78. The Bertz CT molecular complexity index is 279. The molecule has 2 rings (SSSR count). The van der Waals surface area contributed by atoms with Crippen LogP contribution in [0.25, 0.3) is 0 Å². The number of halogens is 3. The lowest BCUT2D eigenvalue weighted by Crippen LogP contribution is -2.42. The van der Waals surface area contributed by atoms with E-state index in [0.717, 1.165) is 25.1 Å². The van der Waals surface area contributed by atoms with Crippen LogP contribution in [0.1, 0.15) is 19.3 Å². The minimum atomic E-state index is -4.04. The Kier molecular flexibility index (Phi) is 4.49. The van der Waals surface area contributed by atoms with Gasteiger partial charge in [-0.25, -0.2) is 0 Å². The molecule has 0 N–H and O–H groups in total. The Labute approximate surface area is 111 Å². The fourth-order valence-corrected chi connectivity index (χ4v) is 3.30. The lowest BCUT2D eigenvalue weighted by atomic mass is 9.81. The molecule has 18 heavy (non-hydrogen) atoms. The van der Waals surface area contributed by atoms with Gasteiger partial charge >= 0.3 is 6.18 Å². The largest absolute Gasteiger partial charge is 0.393 e. The van der Waals surface area contributed by atoms with Gasteiger partial charge in [0.15, 0.2) is 0 Å². The first-order chi connectivity index (χ1) is 8.45. The molecule has 0 radical (unpaired) electrons. The summed E-state index contributed by atoms with van der Waals surface area (Å²) < 4.78 is 43.2. The van der Waals surface area contributed by atoms with E-state index in [-0.39, 0.29) is 18.4 Å². The van der Waals surface area contributed by atoms with E-state index in [1.165, 1.54) is 0 Å². The molecule has 0 amide bonds. The van der Waals surface area contributed by atoms with Gasteiger partial charge in [0.1, 0.15) is 0 Å². The number of hydrogen-bond donors (Lipinski definition) is 1. The highest BCUT2D eigenvalue weighted by molar-refractivity contribution is 7.80. The van der Waals surface area contributed by atoms with Crippen molar-refractivity contribution >= 4 is 12.6 Å². The summed E-state index contributed by atoms with van der Waals surface area (Å²) in [5.74, 6) is -0.418. The predicted molar refractivity (Wildman–Crippen MR) is 66.9 cm³/mol. The molecular formula is C12H20F3NOS. The second-order valence-corrected chi connectivity index (χ2v) is 5.85. The van der Waals surface area contributed by atoms with E-state index in [9.17, 15) is 13.2 Å². The topological polar surface area (TPSA) is 12.5 Å². The molecule has 2 nitrogen and oxygen atoms in total. The molecule has 2 aliphatic rings. The van der Waals surface area contributed by atoms with E-state index in [1.807, 2.05) is 4.90 Å². The number of thiol groups is 1. The van der Waals surface area contributed by atoms with Crippen molar-refractivity contribution < 1.29 is 17.9 Å². The number of likely N-dealkylation sites (tertiary alicyclic amines) is 1. The van der Waals surface area contributed by atoms with Gasteiger partial charge in [-0.1, -0.05) is 0 Å².